The van der Waals surface area contributed by atoms with E-state index in [1.54, 1.807) is 30.9 Å². The monoisotopic (exact) mass is 223 g/mol. The second-order valence-electron chi connectivity index (χ2n) is 3.04. The fourth-order valence-electron chi connectivity index (χ4n) is 1.25. The smallest absolute Gasteiger partial charge is 0.314 e. The third-order valence-corrected chi connectivity index (χ3v) is 2.24. The molecule has 2 aromatic rings. The van der Waals surface area contributed by atoms with E-state index < -0.39 is 0 Å². The Bertz CT molecular complexity index is 524. The van der Waals surface area contributed by atoms with Gasteiger partial charge in [0.25, 0.3) is 0 Å². The highest BCUT2D eigenvalue weighted by Gasteiger charge is 2.05. The maximum absolute atomic E-state index is 5.79. The molecule has 0 bridgehead atoms. The van der Waals surface area contributed by atoms with E-state index in [4.69, 9.17) is 16.0 Å². The molecule has 4 nitrogen and oxygen atoms in total. The van der Waals surface area contributed by atoms with E-state index in [2.05, 4.69) is 10.1 Å². The van der Waals surface area contributed by atoms with Crippen LogP contribution in [0, 0.1) is 0 Å². The summed E-state index contributed by atoms with van der Waals surface area (Å²) in [6.07, 6.45) is 0. The number of halogens is 1. The highest BCUT2D eigenvalue weighted by atomic mass is 35.5. The lowest BCUT2D eigenvalue weighted by molar-refractivity contribution is 0.484. The van der Waals surface area contributed by atoms with Crippen molar-refractivity contribution in [3.05, 3.63) is 35.0 Å². The molecule has 0 aliphatic rings. The van der Waals surface area contributed by atoms with Gasteiger partial charge in [-0.3, -0.25) is 0 Å². The maximum atomic E-state index is 5.79. The first-order chi connectivity index (χ1) is 7.20. The highest BCUT2D eigenvalue weighted by Crippen LogP contribution is 2.17. The van der Waals surface area contributed by atoms with E-state index in [9.17, 15) is 0 Å². The van der Waals surface area contributed by atoms with E-state index in [0.29, 0.717) is 16.6 Å². The summed E-state index contributed by atoms with van der Waals surface area (Å²) in [6, 6.07) is 7.30. The second-order valence-corrected chi connectivity index (χ2v) is 3.48. The van der Waals surface area contributed by atoms with E-state index >= 15 is 0 Å². The Morgan fingerprint density at radius 3 is 2.53 bits per heavy atom. The summed E-state index contributed by atoms with van der Waals surface area (Å²) in [5.41, 5.74) is 1.37. The van der Waals surface area contributed by atoms with Crippen LogP contribution in [-0.2, 0) is 7.05 Å². The third kappa shape index (κ3) is 1.94. The summed E-state index contributed by atoms with van der Waals surface area (Å²) in [6.45, 7) is 0. The number of hydrogen-bond acceptors (Lipinski definition) is 3. The molecule has 0 fully saturated rings. The van der Waals surface area contributed by atoms with Gasteiger partial charge in [0, 0.05) is 24.7 Å². The highest BCUT2D eigenvalue weighted by molar-refractivity contribution is 6.30. The Morgan fingerprint density at radius 2 is 2.00 bits per heavy atom. The number of benzene rings is 1. The lowest BCUT2D eigenvalue weighted by Gasteiger charge is -1.93. The molecule has 0 spiro atoms. The third-order valence-electron chi connectivity index (χ3n) is 1.99. The predicted molar refractivity (Wildman–Crippen MR) is 57.4 cm³/mol. The quantitative estimate of drug-likeness (QED) is 0.741. The van der Waals surface area contributed by atoms with Crippen LogP contribution < -0.4 is 5.68 Å². The zero-order valence-corrected chi connectivity index (χ0v) is 9.19. The Labute approximate surface area is 91.8 Å². The molecule has 0 unspecified atom stereocenters. The van der Waals surface area contributed by atoms with E-state index in [-0.39, 0.29) is 0 Å². The average Bonchev–Trinajstić information content (AvgIpc) is 2.61. The summed E-state index contributed by atoms with van der Waals surface area (Å²) in [5.74, 6) is 0.537. The fourth-order valence-corrected chi connectivity index (χ4v) is 1.38. The second kappa shape index (κ2) is 3.90. The van der Waals surface area contributed by atoms with Gasteiger partial charge in [-0.25, -0.2) is 9.67 Å². The molecule has 1 aromatic carbocycles. The van der Waals surface area contributed by atoms with E-state index in [0.717, 1.165) is 5.56 Å². The Balaban J connectivity index is 2.50. The van der Waals surface area contributed by atoms with Gasteiger partial charge in [0.2, 0.25) is 5.89 Å². The van der Waals surface area contributed by atoms with Crippen LogP contribution in [-0.4, -0.2) is 16.8 Å². The molecule has 0 atom stereocenters. The van der Waals surface area contributed by atoms with Crippen molar-refractivity contribution < 1.29 is 4.42 Å². The number of rotatable bonds is 1. The van der Waals surface area contributed by atoms with Gasteiger partial charge in [0.15, 0.2) is 0 Å². The molecule has 0 saturated carbocycles. The molecule has 1 aromatic heterocycles. The zero-order chi connectivity index (χ0) is 10.8. The number of aromatic nitrogens is 2. The molecule has 0 radical (unpaired) electrons. The molecule has 0 aliphatic carbocycles. The van der Waals surface area contributed by atoms with Crippen molar-refractivity contribution in [1.82, 2.24) is 9.78 Å². The van der Waals surface area contributed by atoms with Gasteiger partial charge in [-0.1, -0.05) is 11.6 Å². The predicted octanol–water partition coefficient (Wildman–Crippen LogP) is 1.86. The van der Waals surface area contributed by atoms with Crippen molar-refractivity contribution in [3.63, 3.8) is 0 Å². The molecule has 0 saturated heterocycles. The van der Waals surface area contributed by atoms with Crippen molar-refractivity contribution in [1.29, 1.82) is 0 Å². The summed E-state index contributed by atoms with van der Waals surface area (Å²) >= 11 is 5.79. The van der Waals surface area contributed by atoms with E-state index in [1.807, 2.05) is 12.1 Å². The molecule has 5 heteroatoms. The molecule has 78 valence electrons. The van der Waals surface area contributed by atoms with Crippen LogP contribution in [0.5, 0.6) is 0 Å². The van der Waals surface area contributed by atoms with Crippen molar-refractivity contribution in [3.8, 4) is 11.5 Å². The number of nitrogens with zero attached hydrogens (tertiary/aromatic N) is 3. The molecule has 15 heavy (non-hydrogen) atoms. The molecule has 2 rings (SSSR count). The minimum Gasteiger partial charge on any atom is -0.403 e. The van der Waals surface area contributed by atoms with Gasteiger partial charge in [0.1, 0.15) is 0 Å². The zero-order valence-electron chi connectivity index (χ0n) is 8.44. The minimum atomic E-state index is 0.486. The van der Waals surface area contributed by atoms with Gasteiger partial charge < -0.3 is 4.42 Å². The van der Waals surface area contributed by atoms with Crippen LogP contribution in [0.1, 0.15) is 0 Å². The minimum absolute atomic E-state index is 0.486. The Hall–Kier alpha value is -1.55. The first-order valence-electron chi connectivity index (χ1n) is 4.43. The Morgan fingerprint density at radius 1 is 1.33 bits per heavy atom. The topological polar surface area (TPSA) is 43.3 Å². The van der Waals surface area contributed by atoms with Crippen molar-refractivity contribution >= 4 is 11.6 Å². The van der Waals surface area contributed by atoms with Gasteiger partial charge >= 0.3 is 5.68 Å². The Kier molecular flexibility index (Phi) is 2.60. The maximum Gasteiger partial charge on any atom is 0.314 e. The van der Waals surface area contributed by atoms with Gasteiger partial charge in [-0.2, -0.15) is 0 Å². The van der Waals surface area contributed by atoms with Gasteiger partial charge in [-0.05, 0) is 24.3 Å². The SMILES string of the molecule is CN=c1oc(-c2ccc(Cl)cc2)nn1C. The van der Waals surface area contributed by atoms with Crippen LogP contribution in [0.25, 0.3) is 11.5 Å². The summed E-state index contributed by atoms with van der Waals surface area (Å²) in [4.78, 5) is 3.94. The molecule has 0 aliphatic heterocycles. The van der Waals surface area contributed by atoms with E-state index in [1.165, 1.54) is 0 Å². The van der Waals surface area contributed by atoms with Crippen LogP contribution >= 0.6 is 11.6 Å². The summed E-state index contributed by atoms with van der Waals surface area (Å²) in [7, 11) is 3.44. The van der Waals surface area contributed by atoms with Crippen molar-refractivity contribution in [2.24, 2.45) is 12.0 Å². The number of aryl methyl sites for hydroxylation is 1. The van der Waals surface area contributed by atoms with Crippen molar-refractivity contribution in [2.75, 3.05) is 7.05 Å². The van der Waals surface area contributed by atoms with Crippen molar-refractivity contribution in [2.45, 2.75) is 0 Å². The first kappa shape index (κ1) is 9.98. The molecule has 1 heterocycles. The summed E-state index contributed by atoms with van der Waals surface area (Å²) in [5, 5.41) is 4.88. The molecule has 0 N–H and O–H groups in total. The summed E-state index contributed by atoms with van der Waals surface area (Å²) < 4.78 is 7.02. The normalized spacial score (nSPS) is 12.1. The standard InChI is InChI=1S/C10H10ClN3O/c1-12-10-14(2)13-9(15-10)7-3-5-8(11)6-4-7/h3-6H,1-2H3. The van der Waals surface area contributed by atoms with Crippen LogP contribution in [0.15, 0.2) is 33.7 Å². The lowest BCUT2D eigenvalue weighted by Crippen LogP contribution is -2.12. The van der Waals surface area contributed by atoms with Crippen LogP contribution in [0.2, 0.25) is 5.02 Å². The van der Waals surface area contributed by atoms with Crippen LogP contribution in [0.3, 0.4) is 0 Å². The number of hydrogen-bond donors (Lipinski definition) is 0. The van der Waals surface area contributed by atoms with Gasteiger partial charge in [-0.15, -0.1) is 5.10 Å². The first-order valence-corrected chi connectivity index (χ1v) is 4.81. The average molecular weight is 224 g/mol. The molecular formula is C10H10ClN3O. The largest absolute Gasteiger partial charge is 0.403 e. The fraction of sp³-hybridized carbons (Fsp3) is 0.200. The van der Waals surface area contributed by atoms with Crippen LogP contribution in [0.4, 0.5) is 0 Å². The lowest BCUT2D eigenvalue weighted by atomic mass is 10.2. The molecule has 0 amide bonds. The van der Waals surface area contributed by atoms with Gasteiger partial charge in [0.05, 0.1) is 0 Å². The molecular weight excluding hydrogens is 214 g/mol.